The van der Waals surface area contributed by atoms with E-state index < -0.39 is 14.9 Å². The number of nitrogens with one attached hydrogen (secondary N) is 2. The normalized spacial score (nSPS) is 11.3. The van der Waals surface area contributed by atoms with E-state index in [-0.39, 0.29) is 29.5 Å². The number of sulfonamides is 1. The summed E-state index contributed by atoms with van der Waals surface area (Å²) in [5.41, 5.74) is 1.12. The van der Waals surface area contributed by atoms with E-state index in [4.69, 9.17) is 0 Å². The van der Waals surface area contributed by atoms with Crippen molar-refractivity contribution in [3.05, 3.63) is 70.9 Å². The number of carbonyl (C=O) groups is 1. The summed E-state index contributed by atoms with van der Waals surface area (Å²) in [6, 6.07) is 13.4. The Morgan fingerprint density at radius 2 is 1.82 bits per heavy atom. The summed E-state index contributed by atoms with van der Waals surface area (Å²) in [7, 11) is -3.87. The molecule has 2 N–H and O–H groups in total. The second kappa shape index (κ2) is 8.11. The van der Waals surface area contributed by atoms with Crippen molar-refractivity contribution in [2.45, 2.75) is 11.3 Å². The Morgan fingerprint density at radius 3 is 2.54 bits per heavy atom. The Kier molecular flexibility index (Phi) is 5.62. The van der Waals surface area contributed by atoms with Crippen molar-refractivity contribution in [1.29, 1.82) is 0 Å². The molecule has 0 unspecified atom stereocenters. The first kappa shape index (κ1) is 19.4. The van der Waals surface area contributed by atoms with Crippen LogP contribution in [0.1, 0.15) is 6.42 Å². The number of hydrogen-bond acceptors (Lipinski definition) is 6. The average molecular weight is 400 g/mol. The maximum absolute atomic E-state index is 12.2. The highest BCUT2D eigenvalue weighted by molar-refractivity contribution is 7.89. The largest absolute Gasteiger partial charge is 0.325 e. The second-order valence-electron chi connectivity index (χ2n) is 5.82. The highest BCUT2D eigenvalue weighted by atomic mass is 32.2. The second-order valence-corrected chi connectivity index (χ2v) is 7.59. The predicted molar refractivity (Wildman–Crippen MR) is 103 cm³/mol. The molecule has 0 saturated carbocycles. The van der Waals surface area contributed by atoms with Crippen LogP contribution in [-0.2, 0) is 14.8 Å². The van der Waals surface area contributed by atoms with Gasteiger partial charge in [-0.25, -0.2) is 13.1 Å². The van der Waals surface area contributed by atoms with Gasteiger partial charge in [-0.05, 0) is 36.4 Å². The van der Waals surface area contributed by atoms with E-state index in [1.54, 1.807) is 24.4 Å². The van der Waals surface area contributed by atoms with Crippen LogP contribution in [0.25, 0.3) is 10.9 Å². The molecule has 144 valence electrons. The van der Waals surface area contributed by atoms with Crippen molar-refractivity contribution in [2.24, 2.45) is 0 Å². The zero-order valence-electron chi connectivity index (χ0n) is 14.5. The number of nitro benzene ring substituents is 1. The van der Waals surface area contributed by atoms with Gasteiger partial charge in [0, 0.05) is 36.7 Å². The van der Waals surface area contributed by atoms with Crippen LogP contribution in [0.5, 0.6) is 0 Å². The summed E-state index contributed by atoms with van der Waals surface area (Å²) in [4.78, 5) is 26.3. The maximum atomic E-state index is 12.2. The van der Waals surface area contributed by atoms with Gasteiger partial charge in [0.2, 0.25) is 15.9 Å². The van der Waals surface area contributed by atoms with Gasteiger partial charge in [-0.2, -0.15) is 0 Å². The van der Waals surface area contributed by atoms with Gasteiger partial charge in [0.25, 0.3) is 5.69 Å². The van der Waals surface area contributed by atoms with Crippen LogP contribution in [-0.4, -0.2) is 30.8 Å². The highest BCUT2D eigenvalue weighted by Gasteiger charge is 2.16. The molecule has 0 fully saturated rings. The van der Waals surface area contributed by atoms with Crippen molar-refractivity contribution in [1.82, 2.24) is 9.71 Å². The number of amides is 1. The van der Waals surface area contributed by atoms with Gasteiger partial charge in [0.15, 0.2) is 0 Å². The average Bonchev–Trinajstić information content (AvgIpc) is 2.68. The van der Waals surface area contributed by atoms with Gasteiger partial charge >= 0.3 is 0 Å². The molecule has 0 spiro atoms. The van der Waals surface area contributed by atoms with Gasteiger partial charge in [-0.3, -0.25) is 19.9 Å². The van der Waals surface area contributed by atoms with Crippen molar-refractivity contribution < 1.29 is 18.1 Å². The third-order valence-electron chi connectivity index (χ3n) is 3.92. The molecule has 0 aliphatic heterocycles. The molecule has 0 atom stereocenters. The predicted octanol–water partition coefficient (Wildman–Crippen LogP) is 2.45. The third kappa shape index (κ3) is 4.48. The third-order valence-corrected chi connectivity index (χ3v) is 5.40. The first-order valence-corrected chi connectivity index (χ1v) is 9.73. The molecule has 0 bridgehead atoms. The molecule has 3 aromatic rings. The zero-order valence-corrected chi connectivity index (χ0v) is 15.3. The fourth-order valence-corrected chi connectivity index (χ4v) is 3.59. The number of hydrogen-bond donors (Lipinski definition) is 2. The highest BCUT2D eigenvalue weighted by Crippen LogP contribution is 2.21. The molecule has 9 nitrogen and oxygen atoms in total. The Labute approximate surface area is 160 Å². The van der Waals surface area contributed by atoms with E-state index >= 15 is 0 Å². The van der Waals surface area contributed by atoms with E-state index in [9.17, 15) is 23.3 Å². The smallest absolute Gasteiger partial charge is 0.269 e. The molecule has 1 amide bonds. The molecule has 1 aromatic heterocycles. The van der Waals surface area contributed by atoms with E-state index in [1.165, 1.54) is 0 Å². The number of aromatic nitrogens is 1. The quantitative estimate of drug-likeness (QED) is 0.463. The number of benzene rings is 2. The minimum absolute atomic E-state index is 0.0805. The molecular formula is C18H16N4O5S. The van der Waals surface area contributed by atoms with Crippen LogP contribution in [0.4, 0.5) is 11.4 Å². The van der Waals surface area contributed by atoms with Crippen molar-refractivity contribution in [3.63, 3.8) is 0 Å². The van der Waals surface area contributed by atoms with Crippen LogP contribution in [0.3, 0.4) is 0 Å². The van der Waals surface area contributed by atoms with Gasteiger partial charge in [0.1, 0.15) is 0 Å². The minimum atomic E-state index is -3.87. The minimum Gasteiger partial charge on any atom is -0.325 e. The molecule has 0 aliphatic carbocycles. The summed E-state index contributed by atoms with van der Waals surface area (Å²) in [5, 5.41) is 14.2. The first-order valence-electron chi connectivity index (χ1n) is 8.24. The van der Waals surface area contributed by atoms with Gasteiger partial charge in [-0.15, -0.1) is 0 Å². The number of rotatable bonds is 7. The summed E-state index contributed by atoms with van der Waals surface area (Å²) in [6.07, 6.45) is 1.57. The van der Waals surface area contributed by atoms with Gasteiger partial charge < -0.3 is 5.32 Å². The number of fused-ring (bicyclic) bond motifs is 1. The molecule has 1 heterocycles. The van der Waals surface area contributed by atoms with Crippen LogP contribution < -0.4 is 10.0 Å². The van der Waals surface area contributed by atoms with Crippen LogP contribution in [0.2, 0.25) is 0 Å². The van der Waals surface area contributed by atoms with Gasteiger partial charge in [-0.1, -0.05) is 6.07 Å². The van der Waals surface area contributed by atoms with Crippen molar-refractivity contribution >= 4 is 38.2 Å². The topological polar surface area (TPSA) is 131 Å². The van der Waals surface area contributed by atoms with Crippen LogP contribution >= 0.6 is 0 Å². The molecule has 0 aliphatic rings. The summed E-state index contributed by atoms with van der Waals surface area (Å²) < 4.78 is 26.7. The Bertz CT molecular complexity index is 1120. The molecule has 0 saturated heterocycles. The number of nitro groups is 1. The molecule has 28 heavy (non-hydrogen) atoms. The number of anilines is 1. The molecule has 2 aromatic carbocycles. The lowest BCUT2D eigenvalue weighted by Gasteiger charge is -2.09. The van der Waals surface area contributed by atoms with Crippen LogP contribution in [0, 0.1) is 10.1 Å². The van der Waals surface area contributed by atoms with Gasteiger partial charge in [0.05, 0.1) is 21.0 Å². The van der Waals surface area contributed by atoms with E-state index in [2.05, 4.69) is 15.0 Å². The Hall–Kier alpha value is -3.37. The Morgan fingerprint density at radius 1 is 1.07 bits per heavy atom. The molecule has 3 rings (SSSR count). The standard InChI is InChI=1S/C18H16N4O5S/c23-18(21-17-5-1-4-16-15(17)3-2-11-19-16)10-12-20-28(26,27)14-8-6-13(7-9-14)22(24)25/h1-9,11,20H,10,12H2,(H,21,23). The number of pyridine rings is 1. The molecular weight excluding hydrogens is 384 g/mol. The summed E-state index contributed by atoms with van der Waals surface area (Å²) in [6.45, 7) is -0.117. The fourth-order valence-electron chi connectivity index (χ4n) is 2.55. The zero-order chi connectivity index (χ0) is 20.1. The summed E-state index contributed by atoms with van der Waals surface area (Å²) in [5.74, 6) is -0.359. The fraction of sp³-hybridized carbons (Fsp3) is 0.111. The number of nitrogens with zero attached hydrogens (tertiary/aromatic N) is 2. The van der Waals surface area contributed by atoms with E-state index in [0.717, 1.165) is 35.2 Å². The van der Waals surface area contributed by atoms with Crippen molar-refractivity contribution in [2.75, 3.05) is 11.9 Å². The maximum Gasteiger partial charge on any atom is 0.269 e. The van der Waals surface area contributed by atoms with Crippen LogP contribution in [0.15, 0.2) is 65.7 Å². The first-order chi connectivity index (χ1) is 13.4. The monoisotopic (exact) mass is 400 g/mol. The number of carbonyl (C=O) groups excluding carboxylic acids is 1. The lowest BCUT2D eigenvalue weighted by Crippen LogP contribution is -2.27. The number of non-ortho nitro benzene ring substituents is 1. The SMILES string of the molecule is O=C(CCNS(=O)(=O)c1ccc([N+](=O)[O-])cc1)Nc1cccc2ncccc12. The van der Waals surface area contributed by atoms with E-state index in [1.807, 2.05) is 12.1 Å². The molecule has 10 heteroatoms. The van der Waals surface area contributed by atoms with E-state index in [0.29, 0.717) is 5.69 Å². The lowest BCUT2D eigenvalue weighted by atomic mass is 10.2. The Balaban J connectivity index is 1.59. The molecule has 0 radical (unpaired) electrons. The van der Waals surface area contributed by atoms with Crippen molar-refractivity contribution in [3.8, 4) is 0 Å². The summed E-state index contributed by atoms with van der Waals surface area (Å²) >= 11 is 0. The lowest BCUT2D eigenvalue weighted by molar-refractivity contribution is -0.384.